The minimum Gasteiger partial charge on any atom is -0.496 e. The normalized spacial score (nSPS) is 12.7. The molecule has 10 nitrogen and oxygen atoms in total. The van der Waals surface area contributed by atoms with Crippen LogP contribution in [-0.2, 0) is 0 Å². The average Bonchev–Trinajstić information content (AvgIpc) is 3.23. The number of aryl methyl sites for hydroxylation is 1. The Balaban J connectivity index is 1.47. The molecule has 1 N–H and O–H groups in total. The second-order valence-electron chi connectivity index (χ2n) is 7.90. The van der Waals surface area contributed by atoms with Crippen LogP contribution in [0.5, 0.6) is 5.75 Å². The molecule has 11 heteroatoms. The predicted molar refractivity (Wildman–Crippen MR) is 129 cm³/mol. The summed E-state index contributed by atoms with van der Waals surface area (Å²) < 4.78 is 5.47. The lowest BCUT2D eigenvalue weighted by molar-refractivity contribution is 0.0645. The fourth-order valence-electron chi connectivity index (χ4n) is 3.68. The van der Waals surface area contributed by atoms with Gasteiger partial charge in [0.05, 0.1) is 30.5 Å². The summed E-state index contributed by atoms with van der Waals surface area (Å²) in [6.07, 6.45) is 3.87. The van der Waals surface area contributed by atoms with Gasteiger partial charge in [0.25, 0.3) is 11.8 Å². The van der Waals surface area contributed by atoms with E-state index in [0.29, 0.717) is 43.7 Å². The summed E-state index contributed by atoms with van der Waals surface area (Å²) >= 11 is 1.13. The maximum Gasteiger partial charge on any atom is 0.274 e. The first-order valence-corrected chi connectivity index (χ1v) is 11.6. The number of likely N-dealkylation sites (tertiary alicyclic amines) is 1. The van der Waals surface area contributed by atoms with Gasteiger partial charge in [0.2, 0.25) is 0 Å². The van der Waals surface area contributed by atoms with E-state index in [9.17, 15) is 14.9 Å². The molecule has 0 aliphatic carbocycles. The van der Waals surface area contributed by atoms with Crippen LogP contribution < -0.4 is 10.1 Å². The number of anilines is 1. The van der Waals surface area contributed by atoms with Crippen molar-refractivity contribution in [2.45, 2.75) is 13.3 Å². The van der Waals surface area contributed by atoms with E-state index in [1.165, 1.54) is 19.5 Å². The van der Waals surface area contributed by atoms with Crippen LogP contribution in [0, 0.1) is 18.3 Å². The van der Waals surface area contributed by atoms with Crippen LogP contribution in [0.15, 0.2) is 36.7 Å². The molecular weight excluding hydrogens is 466 g/mol. The molecule has 35 heavy (non-hydrogen) atoms. The van der Waals surface area contributed by atoms with Crippen molar-refractivity contribution in [2.75, 3.05) is 25.5 Å². The molecule has 4 heterocycles. The number of carbonyl (C=O) groups is 2. The number of nitrogens with zero attached hydrogens (tertiary/aromatic N) is 6. The molecule has 0 unspecified atom stereocenters. The zero-order valence-electron chi connectivity index (χ0n) is 18.9. The highest BCUT2D eigenvalue weighted by atomic mass is 32.1. The maximum atomic E-state index is 13.3. The topological polar surface area (TPSA) is 134 Å². The number of amides is 2. The van der Waals surface area contributed by atoms with Gasteiger partial charge >= 0.3 is 0 Å². The number of carbonyl (C=O) groups excluding carboxylic acids is 2. The standard InChI is InChI=1S/C24H19N7O3S/c1-13-8-15(16-9-14(10-25)4-5-19(16)34-2)17(11-26-13)21(32)30-24-29-20-22(35-24)28-18(12-27-20)23(33)31-6-3-7-31/h4-5,8-9,11-12H,3,6-7H2,1-2H3,(H,27,29,30,32). The van der Waals surface area contributed by atoms with Crippen LogP contribution in [-0.4, -0.2) is 56.8 Å². The van der Waals surface area contributed by atoms with E-state index < -0.39 is 5.91 Å². The highest BCUT2D eigenvalue weighted by Gasteiger charge is 2.24. The molecule has 1 aromatic carbocycles. The smallest absolute Gasteiger partial charge is 0.274 e. The third-order valence-corrected chi connectivity index (χ3v) is 6.46. The van der Waals surface area contributed by atoms with Crippen molar-refractivity contribution >= 4 is 38.8 Å². The molecule has 3 aromatic heterocycles. The third-order valence-electron chi connectivity index (χ3n) is 5.61. The summed E-state index contributed by atoms with van der Waals surface area (Å²) in [6, 6.07) is 8.89. The number of aromatic nitrogens is 4. The summed E-state index contributed by atoms with van der Waals surface area (Å²) in [7, 11) is 1.53. The number of ether oxygens (including phenoxy) is 1. The summed E-state index contributed by atoms with van der Waals surface area (Å²) in [6.45, 7) is 3.25. The molecule has 2 amide bonds. The number of nitriles is 1. The second-order valence-corrected chi connectivity index (χ2v) is 8.88. The number of rotatable bonds is 5. The van der Waals surface area contributed by atoms with Gasteiger partial charge in [-0.1, -0.05) is 11.3 Å². The quantitative estimate of drug-likeness (QED) is 0.454. The van der Waals surface area contributed by atoms with Gasteiger partial charge in [-0.25, -0.2) is 9.97 Å². The molecular formula is C24H19N7O3S. The van der Waals surface area contributed by atoms with Gasteiger partial charge in [-0.05, 0) is 37.6 Å². The Morgan fingerprint density at radius 2 is 1.97 bits per heavy atom. The summed E-state index contributed by atoms with van der Waals surface area (Å²) in [5.74, 6) is -0.0714. The van der Waals surface area contributed by atoms with Crippen LogP contribution in [0.4, 0.5) is 5.13 Å². The molecule has 4 aromatic rings. The van der Waals surface area contributed by atoms with Gasteiger partial charge in [-0.15, -0.1) is 0 Å². The van der Waals surface area contributed by atoms with Gasteiger partial charge in [0.15, 0.2) is 15.6 Å². The first-order chi connectivity index (χ1) is 17.0. The highest BCUT2D eigenvalue weighted by Crippen LogP contribution is 2.34. The van der Waals surface area contributed by atoms with Crippen molar-refractivity contribution in [1.82, 2.24) is 24.8 Å². The van der Waals surface area contributed by atoms with Gasteiger partial charge in [0.1, 0.15) is 11.4 Å². The Bertz CT molecular complexity index is 1520. The molecule has 0 bridgehead atoms. The second kappa shape index (κ2) is 9.08. The van der Waals surface area contributed by atoms with Crippen molar-refractivity contribution in [2.24, 2.45) is 0 Å². The fraction of sp³-hybridized carbons (Fsp3) is 0.208. The fourth-order valence-corrected chi connectivity index (χ4v) is 4.47. The third kappa shape index (κ3) is 4.27. The van der Waals surface area contributed by atoms with Gasteiger partial charge in [-0.2, -0.15) is 10.2 Å². The number of fused-ring (bicyclic) bond motifs is 1. The van der Waals surface area contributed by atoms with E-state index in [4.69, 9.17) is 4.74 Å². The Morgan fingerprint density at radius 3 is 2.69 bits per heavy atom. The molecule has 0 atom stereocenters. The molecule has 0 spiro atoms. The number of nitrogens with one attached hydrogen (secondary N) is 1. The Kier molecular flexibility index (Phi) is 5.80. The Labute approximate surface area is 204 Å². The monoisotopic (exact) mass is 485 g/mol. The minimum absolute atomic E-state index is 0.159. The van der Waals surface area contributed by atoms with Crippen LogP contribution in [0.3, 0.4) is 0 Å². The molecule has 174 valence electrons. The number of benzene rings is 1. The maximum absolute atomic E-state index is 13.3. The van der Waals surface area contributed by atoms with E-state index >= 15 is 0 Å². The van der Waals surface area contributed by atoms with Crippen molar-refractivity contribution in [3.63, 3.8) is 0 Å². The molecule has 0 radical (unpaired) electrons. The van der Waals surface area contributed by atoms with E-state index in [2.05, 4.69) is 31.3 Å². The minimum atomic E-state index is -0.437. The average molecular weight is 486 g/mol. The number of hydrogen-bond donors (Lipinski definition) is 1. The lowest BCUT2D eigenvalue weighted by Crippen LogP contribution is -2.42. The number of thiazole rings is 1. The molecule has 0 saturated carbocycles. The summed E-state index contributed by atoms with van der Waals surface area (Å²) in [5.41, 5.74) is 3.21. The van der Waals surface area contributed by atoms with Crippen molar-refractivity contribution < 1.29 is 14.3 Å². The number of pyridine rings is 1. The SMILES string of the molecule is COc1ccc(C#N)cc1-c1cc(C)ncc1C(=O)Nc1nc2ncc(C(=O)N3CCC3)nc2s1. The molecule has 5 rings (SSSR count). The Hall–Kier alpha value is -4.43. The van der Waals surface area contributed by atoms with Crippen molar-refractivity contribution in [3.8, 4) is 22.9 Å². The lowest BCUT2D eigenvalue weighted by Gasteiger charge is -2.30. The first-order valence-electron chi connectivity index (χ1n) is 10.8. The molecule has 1 aliphatic rings. The van der Waals surface area contributed by atoms with Gasteiger partial charge in [-0.3, -0.25) is 19.9 Å². The van der Waals surface area contributed by atoms with E-state index in [0.717, 1.165) is 30.8 Å². The Morgan fingerprint density at radius 1 is 1.14 bits per heavy atom. The van der Waals surface area contributed by atoms with Gasteiger partial charge < -0.3 is 9.64 Å². The summed E-state index contributed by atoms with van der Waals surface area (Å²) in [5, 5.41) is 12.4. The van der Waals surface area contributed by atoms with Crippen molar-refractivity contribution in [3.05, 3.63) is 59.2 Å². The summed E-state index contributed by atoms with van der Waals surface area (Å²) in [4.78, 5) is 45.1. The van der Waals surface area contributed by atoms with Crippen LogP contribution in [0.25, 0.3) is 21.6 Å². The number of methoxy groups -OCH3 is 1. The van der Waals surface area contributed by atoms with E-state index in [-0.39, 0.29) is 17.2 Å². The highest BCUT2D eigenvalue weighted by molar-refractivity contribution is 7.21. The zero-order chi connectivity index (χ0) is 24.5. The zero-order valence-corrected chi connectivity index (χ0v) is 19.7. The predicted octanol–water partition coefficient (Wildman–Crippen LogP) is 3.44. The molecule has 1 fully saturated rings. The van der Waals surface area contributed by atoms with Crippen LogP contribution >= 0.6 is 11.3 Å². The molecule has 1 saturated heterocycles. The van der Waals surface area contributed by atoms with E-state index in [1.807, 2.05) is 6.92 Å². The van der Waals surface area contributed by atoms with Crippen LogP contribution in [0.2, 0.25) is 0 Å². The number of hydrogen-bond acceptors (Lipinski definition) is 9. The first kappa shape index (κ1) is 22.4. The molecule has 1 aliphatic heterocycles. The van der Waals surface area contributed by atoms with Gasteiger partial charge in [0, 0.05) is 36.1 Å². The van der Waals surface area contributed by atoms with E-state index in [1.54, 1.807) is 29.2 Å². The van der Waals surface area contributed by atoms with Crippen molar-refractivity contribution in [1.29, 1.82) is 5.26 Å². The lowest BCUT2D eigenvalue weighted by atomic mass is 9.97. The van der Waals surface area contributed by atoms with Crippen LogP contribution in [0.1, 0.15) is 38.5 Å². The largest absolute Gasteiger partial charge is 0.496 e.